The van der Waals surface area contributed by atoms with Gasteiger partial charge in [-0.1, -0.05) is 55.3 Å². The maximum absolute atomic E-state index is 14.1. The molecule has 0 saturated carbocycles. The second-order valence-corrected chi connectivity index (χ2v) is 19.3. The van der Waals surface area contributed by atoms with E-state index in [1.807, 2.05) is 53.4 Å². The summed E-state index contributed by atoms with van der Waals surface area (Å²) in [5.41, 5.74) is 6.56. The molecular weight excluding hydrogens is 816 g/mol. The Balaban J connectivity index is 1.02. The van der Waals surface area contributed by atoms with Gasteiger partial charge in [0.2, 0.25) is 0 Å². The van der Waals surface area contributed by atoms with Gasteiger partial charge >= 0.3 is 0 Å². The van der Waals surface area contributed by atoms with Crippen LogP contribution in [0.1, 0.15) is 61.9 Å². The number of fused-ring (bicyclic) bond motifs is 1. The number of carbonyl (C=O) groups is 1. The molecule has 13 nitrogen and oxygen atoms in total. The fourth-order valence-corrected chi connectivity index (χ4v) is 9.98. The van der Waals surface area contributed by atoms with Crippen molar-refractivity contribution in [2.24, 2.45) is 11.3 Å². The minimum Gasteiger partial charge on any atom is -0.490 e. The number of para-hydroxylation sites is 2. The highest BCUT2D eigenvalue weighted by Gasteiger charge is 2.32. The summed E-state index contributed by atoms with van der Waals surface area (Å²) in [5.74, 6) is 0.0923. The summed E-state index contributed by atoms with van der Waals surface area (Å²) >= 11 is 6.25. The van der Waals surface area contributed by atoms with Crippen molar-refractivity contribution < 1.29 is 27.6 Å². The monoisotopic (exact) mass is 868 g/mol. The molecule has 3 aliphatic heterocycles. The van der Waals surface area contributed by atoms with Gasteiger partial charge in [-0.3, -0.25) is 19.8 Å². The molecule has 61 heavy (non-hydrogen) atoms. The second kappa shape index (κ2) is 18.1. The fourth-order valence-electron chi connectivity index (χ4n) is 8.87. The van der Waals surface area contributed by atoms with E-state index in [0.717, 1.165) is 87.3 Å². The molecule has 0 radical (unpaired) electrons. The SMILES string of the molecule is CC1(C)CCC(CN2CCN(c3ccc(C(=O)NS(=O)(=O)c4ccc(NCC5CCOCC5)c([N+](=O)[O-])c4)c(N4CCOc5ccccc54)c3)CC2)=C(c2ccc(Cl)cc2)C1. The third-order valence-electron chi connectivity index (χ3n) is 12.4. The number of hydrogen-bond donors (Lipinski definition) is 2. The lowest BCUT2D eigenvalue weighted by Gasteiger charge is -2.40. The third kappa shape index (κ3) is 9.83. The first kappa shape index (κ1) is 42.5. The number of hydrogen-bond acceptors (Lipinski definition) is 11. The van der Waals surface area contributed by atoms with E-state index < -0.39 is 20.9 Å². The number of piperazine rings is 1. The Labute approximate surface area is 362 Å². The molecule has 322 valence electrons. The van der Waals surface area contributed by atoms with Gasteiger partial charge in [0, 0.05) is 69.3 Å². The van der Waals surface area contributed by atoms with Crippen LogP contribution < -0.4 is 24.6 Å². The van der Waals surface area contributed by atoms with E-state index in [0.29, 0.717) is 44.3 Å². The number of benzene rings is 4. The number of nitrogens with zero attached hydrogens (tertiary/aromatic N) is 4. The first-order valence-electron chi connectivity index (χ1n) is 21.1. The highest BCUT2D eigenvalue weighted by Crippen LogP contribution is 2.44. The number of amides is 1. The molecule has 0 aromatic heterocycles. The van der Waals surface area contributed by atoms with Crippen LogP contribution in [-0.4, -0.2) is 89.8 Å². The van der Waals surface area contributed by atoms with Crippen LogP contribution in [0.5, 0.6) is 5.75 Å². The number of sulfonamides is 1. The molecule has 1 amide bonds. The lowest BCUT2D eigenvalue weighted by Crippen LogP contribution is -2.47. The van der Waals surface area contributed by atoms with Crippen LogP contribution >= 0.6 is 11.6 Å². The Bertz CT molecular complexity index is 2410. The molecule has 2 saturated heterocycles. The van der Waals surface area contributed by atoms with E-state index in [9.17, 15) is 23.3 Å². The minimum atomic E-state index is -4.52. The number of nitrogens with one attached hydrogen (secondary N) is 2. The van der Waals surface area contributed by atoms with Gasteiger partial charge in [0.15, 0.2) is 0 Å². The number of carbonyl (C=O) groups excluding carboxylic acids is 1. The molecular formula is C46H53ClN6O7S. The summed E-state index contributed by atoms with van der Waals surface area (Å²) in [5, 5.41) is 16.0. The van der Waals surface area contributed by atoms with Crippen molar-refractivity contribution in [3.8, 4) is 5.75 Å². The van der Waals surface area contributed by atoms with Crippen molar-refractivity contribution in [2.45, 2.75) is 50.8 Å². The third-order valence-corrected chi connectivity index (χ3v) is 14.0. The van der Waals surface area contributed by atoms with Crippen LogP contribution in [0.25, 0.3) is 5.57 Å². The van der Waals surface area contributed by atoms with Gasteiger partial charge in [0.25, 0.3) is 21.6 Å². The Morgan fingerprint density at radius 3 is 2.43 bits per heavy atom. The average molecular weight is 869 g/mol. The van der Waals surface area contributed by atoms with E-state index >= 15 is 0 Å². The molecule has 8 rings (SSSR count). The number of ether oxygens (including phenoxy) is 2. The van der Waals surface area contributed by atoms with Crippen molar-refractivity contribution in [3.63, 3.8) is 0 Å². The summed E-state index contributed by atoms with van der Waals surface area (Å²) in [6.07, 6.45) is 4.90. The van der Waals surface area contributed by atoms with Crippen molar-refractivity contribution in [2.75, 3.05) is 80.8 Å². The van der Waals surface area contributed by atoms with E-state index in [-0.39, 0.29) is 33.2 Å². The molecule has 4 aromatic carbocycles. The van der Waals surface area contributed by atoms with Crippen molar-refractivity contribution >= 4 is 61.5 Å². The number of nitro groups is 1. The maximum Gasteiger partial charge on any atom is 0.293 e. The minimum absolute atomic E-state index is 0.147. The number of rotatable bonds is 12. The van der Waals surface area contributed by atoms with Crippen LogP contribution in [0.3, 0.4) is 0 Å². The molecule has 1 aliphatic carbocycles. The van der Waals surface area contributed by atoms with Crippen LogP contribution in [-0.2, 0) is 14.8 Å². The molecule has 0 unspecified atom stereocenters. The van der Waals surface area contributed by atoms with Gasteiger partial charge in [0.1, 0.15) is 18.0 Å². The zero-order chi connectivity index (χ0) is 42.7. The average Bonchev–Trinajstić information content (AvgIpc) is 3.26. The number of allylic oxidation sites excluding steroid dienone is 1. The van der Waals surface area contributed by atoms with Crippen molar-refractivity contribution in [1.82, 2.24) is 9.62 Å². The fraction of sp³-hybridized carbons (Fsp3) is 0.413. The van der Waals surface area contributed by atoms with Gasteiger partial charge in [-0.15, -0.1) is 0 Å². The smallest absolute Gasteiger partial charge is 0.293 e. The first-order chi connectivity index (χ1) is 29.3. The Morgan fingerprint density at radius 2 is 1.67 bits per heavy atom. The molecule has 3 heterocycles. The molecule has 2 N–H and O–H groups in total. The predicted molar refractivity (Wildman–Crippen MR) is 240 cm³/mol. The van der Waals surface area contributed by atoms with E-state index in [1.54, 1.807) is 6.07 Å². The van der Waals surface area contributed by atoms with Crippen molar-refractivity contribution in [3.05, 3.63) is 117 Å². The van der Waals surface area contributed by atoms with Crippen LogP contribution in [0.4, 0.5) is 28.4 Å². The second-order valence-electron chi connectivity index (χ2n) is 17.2. The van der Waals surface area contributed by atoms with Gasteiger partial charge < -0.3 is 24.6 Å². The summed E-state index contributed by atoms with van der Waals surface area (Å²) in [4.78, 5) is 32.1. The van der Waals surface area contributed by atoms with Gasteiger partial charge in [-0.05, 0) is 109 Å². The largest absolute Gasteiger partial charge is 0.490 e. The summed E-state index contributed by atoms with van der Waals surface area (Å²) in [6, 6.07) is 24.9. The normalized spacial score (nSPS) is 18.6. The van der Waals surface area contributed by atoms with E-state index in [4.69, 9.17) is 21.1 Å². The highest BCUT2D eigenvalue weighted by molar-refractivity contribution is 7.90. The number of nitro benzene ring substituents is 1. The van der Waals surface area contributed by atoms with E-state index in [2.05, 4.69) is 45.8 Å². The quantitative estimate of drug-likeness (QED) is 0.104. The molecule has 2 fully saturated rings. The topological polar surface area (TPSA) is 147 Å². The standard InChI is InChI=1S/C46H53ClN6O7S/c1-46(2)18-15-34(39(29-46)33-7-9-35(47)10-8-33)31-50-19-21-51(22-20-50)36-11-13-38(42(27-36)52-23-26-60-44-6-4-3-5-41(44)52)45(54)49-61(57,58)37-12-14-40(43(28-37)53(55)56)48-30-32-16-24-59-25-17-32/h3-14,27-28,32,48H,15-26,29-31H2,1-2H3,(H,49,54). The first-order valence-corrected chi connectivity index (χ1v) is 22.9. The van der Waals surface area contributed by atoms with E-state index in [1.165, 1.54) is 28.8 Å². The Kier molecular flexibility index (Phi) is 12.6. The molecule has 0 atom stereocenters. The van der Waals surface area contributed by atoms with Crippen LogP contribution in [0.2, 0.25) is 5.02 Å². The number of halogens is 1. The summed E-state index contributed by atoms with van der Waals surface area (Å²) in [7, 11) is -4.52. The highest BCUT2D eigenvalue weighted by atomic mass is 35.5. The Hall–Kier alpha value is -5.15. The summed E-state index contributed by atoms with van der Waals surface area (Å²) < 4.78 is 41.1. The molecule has 4 aromatic rings. The molecule has 15 heteroatoms. The Morgan fingerprint density at radius 1 is 0.918 bits per heavy atom. The van der Waals surface area contributed by atoms with Crippen molar-refractivity contribution in [1.29, 1.82) is 0 Å². The molecule has 0 bridgehead atoms. The summed E-state index contributed by atoms with van der Waals surface area (Å²) in [6.45, 7) is 11.4. The van der Waals surface area contributed by atoms with Gasteiger partial charge in [-0.25, -0.2) is 13.1 Å². The predicted octanol–water partition coefficient (Wildman–Crippen LogP) is 8.52. The van der Waals surface area contributed by atoms with Crippen LogP contribution in [0, 0.1) is 21.4 Å². The zero-order valence-corrected chi connectivity index (χ0v) is 36.3. The van der Waals surface area contributed by atoms with Gasteiger partial charge in [0.05, 0.1) is 33.3 Å². The maximum atomic E-state index is 14.1. The zero-order valence-electron chi connectivity index (χ0n) is 34.7. The van der Waals surface area contributed by atoms with Gasteiger partial charge in [-0.2, -0.15) is 0 Å². The van der Waals surface area contributed by atoms with Crippen LogP contribution in [0.15, 0.2) is 95.4 Å². The molecule has 0 spiro atoms. The lowest BCUT2D eigenvalue weighted by atomic mass is 9.72. The number of anilines is 4. The molecule has 4 aliphatic rings. The lowest BCUT2D eigenvalue weighted by molar-refractivity contribution is -0.384.